The molecule has 1 fully saturated rings. The lowest BCUT2D eigenvalue weighted by Gasteiger charge is -2.18. The van der Waals surface area contributed by atoms with E-state index in [0.29, 0.717) is 30.8 Å². The molecule has 0 spiro atoms. The monoisotopic (exact) mass is 390 g/mol. The highest BCUT2D eigenvalue weighted by molar-refractivity contribution is 5.90. The van der Waals surface area contributed by atoms with E-state index in [1.54, 1.807) is 19.1 Å². The van der Waals surface area contributed by atoms with Crippen LogP contribution in [0.3, 0.4) is 0 Å². The number of aliphatic hydroxyl groups is 1. The summed E-state index contributed by atoms with van der Waals surface area (Å²) in [7, 11) is 0. The molecule has 1 amide bonds. The first kappa shape index (κ1) is 20.2. The minimum absolute atomic E-state index is 0.158. The Bertz CT molecular complexity index is 829. The summed E-state index contributed by atoms with van der Waals surface area (Å²) in [5.74, 6) is -0.447. The van der Waals surface area contributed by atoms with E-state index in [4.69, 9.17) is 4.74 Å². The van der Waals surface area contributed by atoms with Crippen molar-refractivity contribution in [3.8, 4) is 11.1 Å². The predicted molar refractivity (Wildman–Crippen MR) is 103 cm³/mol. The largest absolute Gasteiger partial charge is 0.438 e. The first-order valence-corrected chi connectivity index (χ1v) is 9.23. The van der Waals surface area contributed by atoms with Crippen LogP contribution in [-0.4, -0.2) is 43.2 Å². The molecule has 2 N–H and O–H groups in total. The molecule has 2 aromatic rings. The Labute approximate surface area is 162 Å². The van der Waals surface area contributed by atoms with E-state index >= 15 is 0 Å². The van der Waals surface area contributed by atoms with Gasteiger partial charge in [0, 0.05) is 12.1 Å². The van der Waals surface area contributed by atoms with E-state index in [1.807, 2.05) is 24.3 Å². The van der Waals surface area contributed by atoms with Gasteiger partial charge in [0.15, 0.2) is 5.60 Å². The number of nitrogens with one attached hydrogen (secondary N) is 1. The first-order chi connectivity index (χ1) is 13.5. The Morgan fingerprint density at radius 3 is 2.61 bits per heavy atom. The highest BCUT2D eigenvalue weighted by Crippen LogP contribution is 2.31. The zero-order valence-electron chi connectivity index (χ0n) is 15.8. The Hall–Kier alpha value is -2.51. The van der Waals surface area contributed by atoms with Crippen LogP contribution < -0.4 is 10.2 Å². The van der Waals surface area contributed by atoms with Gasteiger partial charge in [-0.05, 0) is 49.2 Å². The van der Waals surface area contributed by atoms with Gasteiger partial charge in [-0.1, -0.05) is 24.3 Å². The number of aliphatic hydroxyl groups excluding tert-OH is 1. The van der Waals surface area contributed by atoms with Crippen molar-refractivity contribution in [2.24, 2.45) is 0 Å². The number of cyclic esters (lactones) is 1. The van der Waals surface area contributed by atoms with Gasteiger partial charge in [0.05, 0.1) is 25.5 Å². The Kier molecular flexibility index (Phi) is 6.26. The number of amides is 1. The molecule has 28 heavy (non-hydrogen) atoms. The average Bonchev–Trinajstić information content (AvgIpc) is 3.01. The summed E-state index contributed by atoms with van der Waals surface area (Å²) in [4.78, 5) is 13.3. The first-order valence-electron chi connectivity index (χ1n) is 9.23. The van der Waals surface area contributed by atoms with E-state index in [2.05, 4.69) is 5.32 Å². The summed E-state index contributed by atoms with van der Waals surface area (Å²) in [6.07, 6.45) is -0.120. The van der Waals surface area contributed by atoms with Gasteiger partial charge in [-0.15, -0.1) is 0 Å². The van der Waals surface area contributed by atoms with E-state index < -0.39 is 17.5 Å². The summed E-state index contributed by atoms with van der Waals surface area (Å²) >= 11 is 0. The SMILES string of the molecule is C[C@]1(CO)CN(c2ccc(-c3ccc(CNCCCF)cc3)c(F)c2)C(=O)O1. The van der Waals surface area contributed by atoms with Gasteiger partial charge in [0.25, 0.3) is 0 Å². The van der Waals surface area contributed by atoms with Crippen molar-refractivity contribution in [3.63, 3.8) is 0 Å². The van der Waals surface area contributed by atoms with Crippen LogP contribution in [0.5, 0.6) is 0 Å². The molecule has 0 aliphatic carbocycles. The number of carbonyl (C=O) groups excluding carboxylic acids is 1. The zero-order chi connectivity index (χ0) is 20.1. The summed E-state index contributed by atoms with van der Waals surface area (Å²) < 4.78 is 32.0. The molecule has 1 aliphatic rings. The van der Waals surface area contributed by atoms with E-state index in [9.17, 15) is 18.7 Å². The maximum absolute atomic E-state index is 14.7. The van der Waals surface area contributed by atoms with Crippen molar-refractivity contribution in [2.45, 2.75) is 25.5 Å². The third-order valence-electron chi connectivity index (χ3n) is 4.73. The van der Waals surface area contributed by atoms with E-state index in [0.717, 1.165) is 11.1 Å². The fourth-order valence-corrected chi connectivity index (χ4v) is 3.11. The van der Waals surface area contributed by atoms with Gasteiger partial charge in [-0.3, -0.25) is 9.29 Å². The molecule has 1 atom stereocenters. The van der Waals surface area contributed by atoms with Crippen LogP contribution in [0, 0.1) is 5.82 Å². The maximum Gasteiger partial charge on any atom is 0.415 e. The molecular formula is C21H24F2N2O3. The van der Waals surface area contributed by atoms with Crippen molar-refractivity contribution < 1.29 is 23.4 Å². The summed E-state index contributed by atoms with van der Waals surface area (Å²) in [6, 6.07) is 12.0. The fraction of sp³-hybridized carbons (Fsp3) is 0.381. The Balaban J connectivity index is 1.71. The number of hydrogen-bond acceptors (Lipinski definition) is 4. The number of carbonyl (C=O) groups is 1. The molecule has 7 heteroatoms. The van der Waals surface area contributed by atoms with Crippen molar-refractivity contribution in [2.75, 3.05) is 31.3 Å². The molecule has 0 radical (unpaired) electrons. The van der Waals surface area contributed by atoms with Gasteiger partial charge >= 0.3 is 6.09 Å². The fourth-order valence-electron chi connectivity index (χ4n) is 3.11. The van der Waals surface area contributed by atoms with Crippen LogP contribution >= 0.6 is 0 Å². The van der Waals surface area contributed by atoms with Crippen LogP contribution in [0.1, 0.15) is 18.9 Å². The second kappa shape index (κ2) is 8.67. The van der Waals surface area contributed by atoms with Gasteiger partial charge in [0.2, 0.25) is 0 Å². The molecule has 0 aromatic heterocycles. The number of benzene rings is 2. The normalized spacial score (nSPS) is 19.1. The number of ether oxygens (including phenoxy) is 1. The number of hydrogen-bond donors (Lipinski definition) is 2. The average molecular weight is 390 g/mol. The highest BCUT2D eigenvalue weighted by atomic mass is 19.1. The standard InChI is InChI=1S/C21H24F2N2O3/c1-21(14-26)13-25(20(27)28-21)17-7-8-18(19(23)11-17)16-5-3-15(4-6-16)12-24-10-2-9-22/h3-8,11,24,26H,2,9-10,12-14H2,1H3/t21-/m1/s1. The molecule has 0 saturated carbocycles. The van der Waals surface area contributed by atoms with Crippen LogP contribution in [0.2, 0.25) is 0 Å². The molecule has 3 rings (SSSR count). The van der Waals surface area contributed by atoms with Crippen molar-refractivity contribution in [1.29, 1.82) is 0 Å². The minimum atomic E-state index is -0.986. The molecule has 1 heterocycles. The number of rotatable bonds is 8. The second-order valence-electron chi connectivity index (χ2n) is 7.14. The topological polar surface area (TPSA) is 61.8 Å². The van der Waals surface area contributed by atoms with Gasteiger partial charge in [-0.25, -0.2) is 9.18 Å². The number of anilines is 1. The van der Waals surface area contributed by atoms with E-state index in [1.165, 1.54) is 11.0 Å². The lowest BCUT2D eigenvalue weighted by molar-refractivity contribution is 0.0219. The molecule has 2 aromatic carbocycles. The predicted octanol–water partition coefficient (Wildman–Crippen LogP) is 3.65. The lowest BCUT2D eigenvalue weighted by atomic mass is 10.0. The Morgan fingerprint density at radius 2 is 2.00 bits per heavy atom. The molecule has 150 valence electrons. The number of alkyl halides is 1. The smallest absolute Gasteiger partial charge is 0.415 e. The van der Waals surface area contributed by atoms with Crippen molar-refractivity contribution >= 4 is 11.8 Å². The van der Waals surface area contributed by atoms with Crippen molar-refractivity contribution in [3.05, 3.63) is 53.8 Å². The van der Waals surface area contributed by atoms with Gasteiger partial charge in [0.1, 0.15) is 5.82 Å². The molecule has 5 nitrogen and oxygen atoms in total. The molecule has 1 saturated heterocycles. The minimum Gasteiger partial charge on any atom is -0.438 e. The molecule has 0 bridgehead atoms. The maximum atomic E-state index is 14.7. The lowest BCUT2D eigenvalue weighted by Crippen LogP contribution is -2.34. The van der Waals surface area contributed by atoms with Gasteiger partial charge < -0.3 is 15.2 Å². The quantitative estimate of drug-likeness (QED) is 0.676. The summed E-state index contributed by atoms with van der Waals surface area (Å²) in [5, 5.41) is 12.5. The third kappa shape index (κ3) is 4.48. The molecule has 1 aliphatic heterocycles. The highest BCUT2D eigenvalue weighted by Gasteiger charge is 2.41. The van der Waals surface area contributed by atoms with Crippen LogP contribution in [0.25, 0.3) is 11.1 Å². The Morgan fingerprint density at radius 1 is 1.25 bits per heavy atom. The molecular weight excluding hydrogens is 366 g/mol. The van der Waals surface area contributed by atoms with Crippen molar-refractivity contribution in [1.82, 2.24) is 5.32 Å². The summed E-state index contributed by atoms with van der Waals surface area (Å²) in [5.41, 5.74) is 1.58. The second-order valence-corrected chi connectivity index (χ2v) is 7.14. The van der Waals surface area contributed by atoms with Gasteiger partial charge in [-0.2, -0.15) is 0 Å². The van der Waals surface area contributed by atoms with Crippen LogP contribution in [0.4, 0.5) is 19.3 Å². The number of halogens is 2. The number of nitrogens with zero attached hydrogens (tertiary/aromatic N) is 1. The summed E-state index contributed by atoms with van der Waals surface area (Å²) in [6.45, 7) is 2.39. The van der Waals surface area contributed by atoms with Crippen LogP contribution in [0.15, 0.2) is 42.5 Å². The third-order valence-corrected chi connectivity index (χ3v) is 4.73. The van der Waals surface area contributed by atoms with E-state index in [-0.39, 0.29) is 19.8 Å². The van der Waals surface area contributed by atoms with Crippen LogP contribution in [-0.2, 0) is 11.3 Å². The zero-order valence-corrected chi connectivity index (χ0v) is 15.8. The molecule has 0 unspecified atom stereocenters.